The van der Waals surface area contributed by atoms with Crippen molar-refractivity contribution in [3.8, 4) is 11.4 Å². The van der Waals surface area contributed by atoms with Crippen molar-refractivity contribution in [3.05, 3.63) is 142 Å². The number of ether oxygens (including phenoxy) is 2. The standard InChI is InChI=1S/C35H29Cl2N3O4S/c1-5-44-34(42)30-31(22-10-7-6-8-11-22)38-35-40(32(30)23-12-9-13-26(17-23)43-4)33(41)29(45-35)18-24-16-20(2)39(21(24)3)25-14-15-27(36)28(37)19-25/h6-19,32H,5H2,1-4H3/b29-18-/t32-/m0/s1. The zero-order valence-corrected chi connectivity index (χ0v) is 27.3. The van der Waals surface area contributed by atoms with Gasteiger partial charge in [0.2, 0.25) is 0 Å². The first kappa shape index (κ1) is 30.6. The third-order valence-electron chi connectivity index (χ3n) is 7.70. The Labute approximate surface area is 273 Å². The zero-order chi connectivity index (χ0) is 31.8. The number of fused-ring (bicyclic) bond motifs is 1. The minimum Gasteiger partial charge on any atom is -0.497 e. The van der Waals surface area contributed by atoms with Gasteiger partial charge >= 0.3 is 5.97 Å². The van der Waals surface area contributed by atoms with E-state index in [0.717, 1.165) is 28.2 Å². The summed E-state index contributed by atoms with van der Waals surface area (Å²) >= 11 is 13.8. The van der Waals surface area contributed by atoms with Crippen LogP contribution in [0.25, 0.3) is 17.5 Å². The summed E-state index contributed by atoms with van der Waals surface area (Å²) in [6, 6.07) is 23.6. The van der Waals surface area contributed by atoms with E-state index in [4.69, 9.17) is 37.7 Å². The molecule has 0 N–H and O–H groups in total. The fourth-order valence-corrected chi connectivity index (χ4v) is 6.95. The second-order valence-electron chi connectivity index (χ2n) is 10.5. The third-order valence-corrected chi connectivity index (χ3v) is 9.42. The molecule has 45 heavy (non-hydrogen) atoms. The van der Waals surface area contributed by atoms with Gasteiger partial charge in [-0.05, 0) is 74.4 Å². The van der Waals surface area contributed by atoms with Crippen LogP contribution in [-0.2, 0) is 9.53 Å². The quantitative estimate of drug-likeness (QED) is 0.184. The van der Waals surface area contributed by atoms with E-state index in [2.05, 4.69) is 4.57 Å². The van der Waals surface area contributed by atoms with Gasteiger partial charge in [0.05, 0.1) is 45.6 Å². The highest BCUT2D eigenvalue weighted by molar-refractivity contribution is 7.07. The van der Waals surface area contributed by atoms with E-state index < -0.39 is 12.0 Å². The number of carbonyl (C=O) groups excluding carboxylic acids is 1. The van der Waals surface area contributed by atoms with Crippen LogP contribution in [0.1, 0.15) is 41.0 Å². The average Bonchev–Trinajstić information content (AvgIpc) is 3.51. The summed E-state index contributed by atoms with van der Waals surface area (Å²) in [7, 11) is 1.58. The SMILES string of the molecule is CCOC(=O)C1=C(c2ccccc2)N=c2s/c(=C\c3cc(C)n(-c4ccc(Cl)c(Cl)c4)c3C)c(=O)n2[C@H]1c1cccc(OC)c1. The normalized spacial score (nSPS) is 14.7. The molecule has 5 aromatic rings. The first-order valence-electron chi connectivity index (χ1n) is 14.3. The van der Waals surface area contributed by atoms with Crippen LogP contribution >= 0.6 is 34.5 Å². The lowest BCUT2D eigenvalue weighted by atomic mass is 9.93. The van der Waals surface area contributed by atoms with Crippen LogP contribution in [0, 0.1) is 13.8 Å². The molecular formula is C35H29Cl2N3O4S. The van der Waals surface area contributed by atoms with Crippen LogP contribution < -0.4 is 19.6 Å². The molecule has 1 aliphatic heterocycles. The molecule has 0 unspecified atom stereocenters. The van der Waals surface area contributed by atoms with Crippen molar-refractivity contribution in [3.63, 3.8) is 0 Å². The van der Waals surface area contributed by atoms with Crippen molar-refractivity contribution in [1.29, 1.82) is 0 Å². The van der Waals surface area contributed by atoms with Crippen molar-refractivity contribution in [1.82, 2.24) is 9.13 Å². The van der Waals surface area contributed by atoms with Gasteiger partial charge in [-0.1, -0.05) is 77.0 Å². The fourth-order valence-electron chi connectivity index (χ4n) is 5.66. The van der Waals surface area contributed by atoms with E-state index in [9.17, 15) is 9.59 Å². The Morgan fingerprint density at radius 2 is 1.78 bits per heavy atom. The van der Waals surface area contributed by atoms with Crippen LogP contribution in [0.3, 0.4) is 0 Å². The average molecular weight is 659 g/mol. The number of rotatable bonds is 7. The molecule has 0 saturated heterocycles. The summed E-state index contributed by atoms with van der Waals surface area (Å²) in [5.41, 5.74) is 5.57. The number of carbonyl (C=O) groups is 1. The molecule has 228 valence electrons. The summed E-state index contributed by atoms with van der Waals surface area (Å²) in [5, 5.41) is 0.938. The van der Waals surface area contributed by atoms with Gasteiger partial charge in [0.25, 0.3) is 5.56 Å². The number of methoxy groups -OCH3 is 1. The maximum absolute atomic E-state index is 14.3. The van der Waals surface area contributed by atoms with E-state index >= 15 is 0 Å². The van der Waals surface area contributed by atoms with Crippen molar-refractivity contribution < 1.29 is 14.3 Å². The highest BCUT2D eigenvalue weighted by Gasteiger charge is 2.35. The first-order chi connectivity index (χ1) is 21.7. The number of hydrogen-bond donors (Lipinski definition) is 0. The Kier molecular flexibility index (Phi) is 8.55. The lowest BCUT2D eigenvalue weighted by Crippen LogP contribution is -2.40. The molecule has 1 aliphatic rings. The van der Waals surface area contributed by atoms with Crippen LogP contribution in [-0.4, -0.2) is 28.8 Å². The summed E-state index contributed by atoms with van der Waals surface area (Å²) in [4.78, 5) is 33.4. The van der Waals surface area contributed by atoms with E-state index in [1.807, 2.05) is 92.7 Å². The van der Waals surface area contributed by atoms with Crippen LogP contribution in [0.15, 0.2) is 94.2 Å². The molecule has 7 nitrogen and oxygen atoms in total. The molecule has 0 saturated carbocycles. The molecule has 3 aromatic carbocycles. The monoisotopic (exact) mass is 657 g/mol. The van der Waals surface area contributed by atoms with E-state index in [1.54, 1.807) is 24.7 Å². The molecule has 6 rings (SSSR count). The van der Waals surface area contributed by atoms with Crippen molar-refractivity contribution in [2.75, 3.05) is 13.7 Å². The molecule has 0 fully saturated rings. The Hall–Kier alpha value is -4.37. The Morgan fingerprint density at radius 1 is 1.00 bits per heavy atom. The van der Waals surface area contributed by atoms with Gasteiger partial charge in [-0.2, -0.15) is 0 Å². The topological polar surface area (TPSA) is 74.8 Å². The maximum Gasteiger partial charge on any atom is 0.338 e. The second kappa shape index (κ2) is 12.6. The van der Waals surface area contributed by atoms with Crippen molar-refractivity contribution >= 4 is 52.3 Å². The summed E-state index contributed by atoms with van der Waals surface area (Å²) in [5.74, 6) is 0.0678. The number of esters is 1. The Bertz CT molecular complexity index is 2160. The predicted molar refractivity (Wildman–Crippen MR) is 179 cm³/mol. The van der Waals surface area contributed by atoms with Gasteiger partial charge in [-0.15, -0.1) is 0 Å². The number of hydrogen-bond acceptors (Lipinski definition) is 6. The molecule has 0 aliphatic carbocycles. The molecule has 1 atom stereocenters. The van der Waals surface area contributed by atoms with Crippen molar-refractivity contribution in [2.45, 2.75) is 26.8 Å². The summed E-state index contributed by atoms with van der Waals surface area (Å²) in [6.45, 7) is 5.91. The van der Waals surface area contributed by atoms with Gasteiger partial charge in [0.15, 0.2) is 4.80 Å². The summed E-state index contributed by atoms with van der Waals surface area (Å²) in [6.07, 6.45) is 1.87. The van der Waals surface area contributed by atoms with Gasteiger partial charge in [0.1, 0.15) is 5.75 Å². The zero-order valence-electron chi connectivity index (χ0n) is 25.0. The number of nitrogens with zero attached hydrogens (tertiary/aromatic N) is 3. The Morgan fingerprint density at radius 3 is 2.49 bits per heavy atom. The van der Waals surface area contributed by atoms with Crippen LogP contribution in [0.2, 0.25) is 10.0 Å². The molecule has 0 amide bonds. The highest BCUT2D eigenvalue weighted by Crippen LogP contribution is 2.36. The highest BCUT2D eigenvalue weighted by atomic mass is 35.5. The van der Waals surface area contributed by atoms with Crippen molar-refractivity contribution in [2.24, 2.45) is 4.99 Å². The molecule has 2 aromatic heterocycles. The van der Waals surface area contributed by atoms with Gasteiger partial charge in [-0.25, -0.2) is 9.79 Å². The van der Waals surface area contributed by atoms with Crippen LogP contribution in [0.4, 0.5) is 0 Å². The lowest BCUT2D eigenvalue weighted by molar-refractivity contribution is -0.138. The third kappa shape index (κ3) is 5.65. The molecular weight excluding hydrogens is 629 g/mol. The number of aromatic nitrogens is 2. The minimum atomic E-state index is -0.795. The first-order valence-corrected chi connectivity index (χ1v) is 15.9. The largest absolute Gasteiger partial charge is 0.497 e. The smallest absolute Gasteiger partial charge is 0.338 e. The summed E-state index contributed by atoms with van der Waals surface area (Å²) < 4.78 is 15.2. The molecule has 0 bridgehead atoms. The number of benzene rings is 3. The molecule has 10 heteroatoms. The second-order valence-corrected chi connectivity index (χ2v) is 12.3. The number of thiazole rings is 1. The fraction of sp³-hybridized carbons (Fsp3) is 0.171. The van der Waals surface area contributed by atoms with E-state index in [-0.39, 0.29) is 17.7 Å². The molecule has 0 spiro atoms. The Balaban J connectivity index is 1.60. The lowest BCUT2D eigenvalue weighted by Gasteiger charge is -2.26. The van der Waals surface area contributed by atoms with Crippen LogP contribution in [0.5, 0.6) is 5.75 Å². The van der Waals surface area contributed by atoms with Gasteiger partial charge in [0, 0.05) is 22.6 Å². The van der Waals surface area contributed by atoms with E-state index in [1.165, 1.54) is 11.3 Å². The minimum absolute atomic E-state index is 0.175. The van der Waals surface area contributed by atoms with Gasteiger partial charge in [-0.3, -0.25) is 9.36 Å². The number of halogens is 2. The van der Waals surface area contributed by atoms with Gasteiger partial charge < -0.3 is 14.0 Å². The maximum atomic E-state index is 14.3. The predicted octanol–water partition coefficient (Wildman–Crippen LogP) is 6.66. The molecule has 3 heterocycles. The number of aryl methyl sites for hydroxylation is 1. The molecule has 0 radical (unpaired) electrons. The van der Waals surface area contributed by atoms with E-state index in [0.29, 0.717) is 36.4 Å².